The second-order valence-electron chi connectivity index (χ2n) is 7.24. The summed E-state index contributed by atoms with van der Waals surface area (Å²) in [5.41, 5.74) is 0.635. The van der Waals surface area contributed by atoms with Gasteiger partial charge in [-0.25, -0.2) is 0 Å². The summed E-state index contributed by atoms with van der Waals surface area (Å²) in [6, 6.07) is 6.19. The van der Waals surface area contributed by atoms with Crippen molar-refractivity contribution in [3.8, 4) is 0 Å². The number of hydrogen-bond acceptors (Lipinski definition) is 5. The van der Waals surface area contributed by atoms with Crippen molar-refractivity contribution in [2.75, 3.05) is 53.0 Å². The summed E-state index contributed by atoms with van der Waals surface area (Å²) in [5.74, 6) is 0. The SMILES string of the molecule is CCCCN(CCCC)C(CN1CCOCC1)(C(=S)NC)c1ccccn1. The Kier molecular flexibility index (Phi) is 9.62. The molecule has 1 aromatic heterocycles. The average molecular weight is 393 g/mol. The molecule has 1 aliphatic rings. The van der Waals surface area contributed by atoms with Crippen LogP contribution in [-0.2, 0) is 10.3 Å². The monoisotopic (exact) mass is 392 g/mol. The van der Waals surface area contributed by atoms with Gasteiger partial charge in [-0.2, -0.15) is 0 Å². The van der Waals surface area contributed by atoms with Gasteiger partial charge in [0, 0.05) is 32.9 Å². The van der Waals surface area contributed by atoms with Gasteiger partial charge in [-0.15, -0.1) is 0 Å². The quantitative estimate of drug-likeness (QED) is 0.584. The molecule has 0 amide bonds. The van der Waals surface area contributed by atoms with Crippen LogP contribution >= 0.6 is 12.2 Å². The Hall–Kier alpha value is -1.08. The fourth-order valence-electron chi connectivity index (χ4n) is 3.76. The summed E-state index contributed by atoms with van der Waals surface area (Å²) in [6.07, 6.45) is 6.55. The fourth-order valence-corrected chi connectivity index (χ4v) is 4.06. The van der Waals surface area contributed by atoms with Gasteiger partial charge in [0.2, 0.25) is 0 Å². The van der Waals surface area contributed by atoms with Gasteiger partial charge < -0.3 is 10.1 Å². The Labute approximate surface area is 170 Å². The summed E-state index contributed by atoms with van der Waals surface area (Å²) in [4.78, 5) is 10.7. The van der Waals surface area contributed by atoms with Gasteiger partial charge in [-0.3, -0.25) is 14.8 Å². The maximum atomic E-state index is 5.97. The van der Waals surface area contributed by atoms with E-state index in [0.29, 0.717) is 0 Å². The molecule has 1 aromatic rings. The van der Waals surface area contributed by atoms with Crippen molar-refractivity contribution >= 4 is 17.2 Å². The maximum absolute atomic E-state index is 5.97. The van der Waals surface area contributed by atoms with Crippen molar-refractivity contribution in [3.63, 3.8) is 0 Å². The molecule has 5 nitrogen and oxygen atoms in total. The van der Waals surface area contributed by atoms with E-state index in [1.165, 1.54) is 12.8 Å². The minimum absolute atomic E-state index is 0.410. The molecular formula is C21H36N4OS. The largest absolute Gasteiger partial charge is 0.381 e. The molecule has 0 saturated carbocycles. The van der Waals surface area contributed by atoms with Crippen LogP contribution in [0.1, 0.15) is 45.2 Å². The third-order valence-electron chi connectivity index (χ3n) is 5.35. The van der Waals surface area contributed by atoms with Gasteiger partial charge in [0.25, 0.3) is 0 Å². The molecule has 0 aliphatic carbocycles. The molecule has 0 bridgehead atoms. The predicted octanol–water partition coefficient (Wildman–Crippen LogP) is 3.06. The van der Waals surface area contributed by atoms with E-state index in [2.05, 4.69) is 41.1 Å². The summed E-state index contributed by atoms with van der Waals surface area (Å²) in [5, 5.41) is 3.32. The lowest BCUT2D eigenvalue weighted by atomic mass is 9.89. The molecule has 0 spiro atoms. The van der Waals surface area contributed by atoms with Crippen molar-refractivity contribution < 1.29 is 4.74 Å². The molecule has 1 aliphatic heterocycles. The van der Waals surface area contributed by atoms with Crippen LogP contribution in [0.25, 0.3) is 0 Å². The van der Waals surface area contributed by atoms with Crippen LogP contribution in [0.5, 0.6) is 0 Å². The lowest BCUT2D eigenvalue weighted by molar-refractivity contribution is 0.00914. The second kappa shape index (κ2) is 11.7. The highest BCUT2D eigenvalue weighted by Gasteiger charge is 2.44. The summed E-state index contributed by atoms with van der Waals surface area (Å²) in [7, 11) is 1.94. The zero-order valence-electron chi connectivity index (χ0n) is 17.2. The first-order valence-corrected chi connectivity index (χ1v) is 10.8. The van der Waals surface area contributed by atoms with Crippen molar-refractivity contribution in [2.24, 2.45) is 0 Å². The lowest BCUT2D eigenvalue weighted by Gasteiger charge is -2.47. The molecule has 1 atom stereocenters. The highest BCUT2D eigenvalue weighted by atomic mass is 32.1. The number of thiocarbonyl (C=S) groups is 1. The summed E-state index contributed by atoms with van der Waals surface area (Å²) < 4.78 is 5.58. The molecule has 1 saturated heterocycles. The highest BCUT2D eigenvalue weighted by Crippen LogP contribution is 2.31. The first-order valence-electron chi connectivity index (χ1n) is 10.4. The Morgan fingerprint density at radius 1 is 1.22 bits per heavy atom. The Bertz CT molecular complexity index is 542. The van der Waals surface area contributed by atoms with Crippen LogP contribution in [0, 0.1) is 0 Å². The number of likely N-dealkylation sites (N-methyl/N-ethyl adjacent to an activating group) is 1. The summed E-state index contributed by atoms with van der Waals surface area (Å²) in [6.45, 7) is 10.9. The van der Waals surface area contributed by atoms with E-state index in [-0.39, 0.29) is 0 Å². The minimum Gasteiger partial charge on any atom is -0.381 e. The topological polar surface area (TPSA) is 40.6 Å². The molecular weight excluding hydrogens is 356 g/mol. The molecule has 2 heterocycles. The van der Waals surface area contributed by atoms with Crippen molar-refractivity contribution in [2.45, 2.75) is 45.1 Å². The van der Waals surface area contributed by atoms with Crippen molar-refractivity contribution in [1.82, 2.24) is 20.1 Å². The first-order chi connectivity index (χ1) is 13.2. The molecule has 2 rings (SSSR count). The van der Waals surface area contributed by atoms with E-state index < -0.39 is 5.54 Å². The maximum Gasteiger partial charge on any atom is 0.127 e. The molecule has 6 heteroatoms. The predicted molar refractivity (Wildman–Crippen MR) is 116 cm³/mol. The van der Waals surface area contributed by atoms with Crippen LogP contribution in [0.15, 0.2) is 24.4 Å². The normalized spacial score (nSPS) is 17.6. The number of pyridine rings is 1. The van der Waals surface area contributed by atoms with Gasteiger partial charge in [0.05, 0.1) is 18.9 Å². The minimum atomic E-state index is -0.410. The van der Waals surface area contributed by atoms with Crippen LogP contribution in [0.2, 0.25) is 0 Å². The third-order valence-corrected chi connectivity index (χ3v) is 5.89. The zero-order valence-corrected chi connectivity index (χ0v) is 18.1. The van der Waals surface area contributed by atoms with E-state index in [1.807, 2.05) is 19.3 Å². The van der Waals surface area contributed by atoms with Gasteiger partial charge in [0.1, 0.15) is 10.5 Å². The average Bonchev–Trinajstić information content (AvgIpc) is 2.73. The van der Waals surface area contributed by atoms with Crippen molar-refractivity contribution in [1.29, 1.82) is 0 Å². The molecule has 27 heavy (non-hydrogen) atoms. The number of morpholine rings is 1. The van der Waals surface area contributed by atoms with Gasteiger partial charge in [-0.1, -0.05) is 45.0 Å². The number of hydrogen-bond donors (Lipinski definition) is 1. The van der Waals surface area contributed by atoms with Crippen LogP contribution in [-0.4, -0.2) is 72.8 Å². The van der Waals surface area contributed by atoms with Gasteiger partial charge >= 0.3 is 0 Å². The number of rotatable bonds is 11. The molecule has 0 radical (unpaired) electrons. The van der Waals surface area contributed by atoms with E-state index in [4.69, 9.17) is 21.9 Å². The Balaban J connectivity index is 2.47. The second-order valence-corrected chi connectivity index (χ2v) is 7.65. The third kappa shape index (κ3) is 5.70. The van der Waals surface area contributed by atoms with Gasteiger partial charge in [0.15, 0.2) is 0 Å². The molecule has 152 valence electrons. The number of unbranched alkanes of at least 4 members (excludes halogenated alkanes) is 2. The lowest BCUT2D eigenvalue weighted by Crippen LogP contribution is -2.62. The number of nitrogens with zero attached hydrogens (tertiary/aromatic N) is 3. The standard InChI is InChI=1S/C21H36N4OS/c1-4-6-12-25(13-7-5-2)21(20(27)22-3,19-10-8-9-11-23-19)18-24-14-16-26-17-15-24/h8-11H,4-7,12-18H2,1-3H3,(H,22,27). The first kappa shape index (κ1) is 22.2. The van der Waals surface area contributed by atoms with E-state index in [1.54, 1.807) is 0 Å². The Morgan fingerprint density at radius 3 is 2.41 bits per heavy atom. The Morgan fingerprint density at radius 2 is 1.89 bits per heavy atom. The number of nitrogens with one attached hydrogen (secondary N) is 1. The van der Waals surface area contributed by atoms with Crippen LogP contribution < -0.4 is 5.32 Å². The molecule has 1 N–H and O–H groups in total. The number of ether oxygens (including phenoxy) is 1. The van der Waals surface area contributed by atoms with Crippen molar-refractivity contribution in [3.05, 3.63) is 30.1 Å². The van der Waals surface area contributed by atoms with E-state index in [0.717, 1.165) is 69.5 Å². The molecule has 1 unspecified atom stereocenters. The summed E-state index contributed by atoms with van der Waals surface area (Å²) >= 11 is 5.97. The van der Waals surface area contributed by atoms with Crippen LogP contribution in [0.4, 0.5) is 0 Å². The molecule has 0 aromatic carbocycles. The smallest absolute Gasteiger partial charge is 0.127 e. The number of aromatic nitrogens is 1. The zero-order chi connectivity index (χ0) is 19.5. The van der Waals surface area contributed by atoms with Crippen LogP contribution in [0.3, 0.4) is 0 Å². The molecule has 1 fully saturated rings. The van der Waals surface area contributed by atoms with E-state index in [9.17, 15) is 0 Å². The van der Waals surface area contributed by atoms with Gasteiger partial charge in [-0.05, 0) is 38.1 Å². The van der Waals surface area contributed by atoms with E-state index >= 15 is 0 Å². The highest BCUT2D eigenvalue weighted by molar-refractivity contribution is 7.80. The fraction of sp³-hybridized carbons (Fsp3) is 0.714.